The van der Waals surface area contributed by atoms with Gasteiger partial charge in [0.1, 0.15) is 5.76 Å². The van der Waals surface area contributed by atoms with E-state index in [0.29, 0.717) is 63.7 Å². The summed E-state index contributed by atoms with van der Waals surface area (Å²) in [5.74, 6) is -0.678. The Morgan fingerprint density at radius 2 is 1.95 bits per heavy atom. The van der Waals surface area contributed by atoms with Crippen molar-refractivity contribution in [2.75, 3.05) is 5.32 Å². The molecule has 0 saturated carbocycles. The van der Waals surface area contributed by atoms with Crippen LogP contribution in [0.25, 0.3) is 28.3 Å². The molecule has 6 rings (SSSR count). The summed E-state index contributed by atoms with van der Waals surface area (Å²) in [6.07, 6.45) is 4.89. The third kappa shape index (κ3) is 5.70. The number of fused-ring (bicyclic) bond motifs is 4. The second-order valence-electron chi connectivity index (χ2n) is 10.5. The fraction of sp³-hybridized carbons (Fsp3) is 0.267. The number of amides is 1. The van der Waals surface area contributed by atoms with Crippen LogP contribution in [0.3, 0.4) is 0 Å². The molecule has 1 N–H and O–H groups in total. The molecule has 0 spiro atoms. The Balaban J connectivity index is 1.45. The second-order valence-corrected chi connectivity index (χ2v) is 11.3. The van der Waals surface area contributed by atoms with Crippen molar-refractivity contribution in [1.82, 2.24) is 29.8 Å². The lowest BCUT2D eigenvalue weighted by atomic mass is 9.88. The number of nitrogens with one attached hydrogen (secondary N) is 1. The molecule has 4 aromatic heterocycles. The number of carbonyl (C=O) groups is 1. The van der Waals surface area contributed by atoms with Gasteiger partial charge in [-0.25, -0.2) is 18.5 Å². The van der Waals surface area contributed by atoms with Crippen molar-refractivity contribution >= 4 is 34.8 Å². The lowest BCUT2D eigenvalue weighted by Gasteiger charge is -2.20. The predicted octanol–water partition coefficient (Wildman–Crippen LogP) is 6.83. The zero-order valence-electron chi connectivity index (χ0n) is 23.2. The van der Waals surface area contributed by atoms with Gasteiger partial charge in [0.15, 0.2) is 11.4 Å². The van der Waals surface area contributed by atoms with E-state index in [1.165, 1.54) is 28.7 Å². The van der Waals surface area contributed by atoms with Crippen molar-refractivity contribution in [1.29, 1.82) is 0 Å². The molecule has 0 radical (unpaired) electrons. The number of carbonyl (C=O) groups excluding carboxylic acids is 1. The zero-order chi connectivity index (χ0) is 30.2. The van der Waals surface area contributed by atoms with Gasteiger partial charge in [0.25, 0.3) is 0 Å². The van der Waals surface area contributed by atoms with E-state index in [1.54, 1.807) is 48.7 Å². The Morgan fingerprint density at radius 3 is 2.70 bits per heavy atom. The van der Waals surface area contributed by atoms with Gasteiger partial charge in [0.2, 0.25) is 5.91 Å². The number of alkyl halides is 1. The summed E-state index contributed by atoms with van der Waals surface area (Å²) in [6.45, 7) is 3.21. The molecule has 0 aliphatic carbocycles. The molecule has 1 unspecified atom stereocenters. The van der Waals surface area contributed by atoms with Crippen LogP contribution < -0.4 is 10.9 Å². The van der Waals surface area contributed by atoms with E-state index in [9.17, 15) is 14.0 Å². The molecule has 10 nitrogen and oxygen atoms in total. The summed E-state index contributed by atoms with van der Waals surface area (Å²) >= 11 is 12.3. The third-order valence-electron chi connectivity index (χ3n) is 7.54. The molecule has 2 bridgehead atoms. The number of hydrogen-bond donors (Lipinski definition) is 1. The lowest BCUT2D eigenvalue weighted by Crippen LogP contribution is -2.22. The number of hydrogen-bond acceptors (Lipinski definition) is 7. The summed E-state index contributed by atoms with van der Waals surface area (Å²) in [6, 6.07) is 12.0. The van der Waals surface area contributed by atoms with E-state index in [0.717, 1.165) is 0 Å². The maximum atomic E-state index is 14.6. The predicted molar refractivity (Wildman–Crippen MR) is 160 cm³/mol. The molecule has 5 aromatic rings. The minimum atomic E-state index is -1.44. The highest BCUT2D eigenvalue weighted by Gasteiger charge is 2.26. The van der Waals surface area contributed by atoms with E-state index in [1.807, 2.05) is 6.92 Å². The summed E-state index contributed by atoms with van der Waals surface area (Å²) in [5, 5.41) is 15.6. The fourth-order valence-electron chi connectivity index (χ4n) is 5.37. The zero-order valence-corrected chi connectivity index (χ0v) is 24.7. The largest absolute Gasteiger partial charge is 0.422 e. The lowest BCUT2D eigenvalue weighted by molar-refractivity contribution is -0.119. The van der Waals surface area contributed by atoms with Gasteiger partial charge in [0.05, 0.1) is 29.5 Å². The van der Waals surface area contributed by atoms with Crippen molar-refractivity contribution in [2.24, 2.45) is 5.92 Å². The first-order valence-electron chi connectivity index (χ1n) is 13.7. The van der Waals surface area contributed by atoms with Crippen LogP contribution >= 0.6 is 23.2 Å². The van der Waals surface area contributed by atoms with Gasteiger partial charge in [-0.1, -0.05) is 41.8 Å². The van der Waals surface area contributed by atoms with E-state index in [2.05, 4.69) is 25.7 Å². The Labute approximate surface area is 255 Å². The monoisotopic (exact) mass is 621 g/mol. The van der Waals surface area contributed by atoms with Crippen LogP contribution in [-0.4, -0.2) is 35.7 Å². The van der Waals surface area contributed by atoms with Gasteiger partial charge in [-0.2, -0.15) is 5.10 Å². The fourth-order valence-corrected chi connectivity index (χ4v) is 5.67. The molecule has 1 aromatic carbocycles. The van der Waals surface area contributed by atoms with Gasteiger partial charge >= 0.3 is 5.63 Å². The van der Waals surface area contributed by atoms with Crippen molar-refractivity contribution in [3.05, 3.63) is 92.9 Å². The average molecular weight is 622 g/mol. The number of rotatable bonds is 4. The van der Waals surface area contributed by atoms with E-state index in [-0.39, 0.29) is 22.7 Å². The molecular formula is C30H26Cl2FN7O3. The topological polar surface area (TPSA) is 121 Å². The summed E-state index contributed by atoms with van der Waals surface area (Å²) in [4.78, 5) is 31.2. The number of halogens is 3. The van der Waals surface area contributed by atoms with Crippen LogP contribution in [0, 0.1) is 5.92 Å². The van der Waals surface area contributed by atoms with Crippen LogP contribution in [0.2, 0.25) is 10.2 Å². The molecule has 1 aliphatic heterocycles. The summed E-state index contributed by atoms with van der Waals surface area (Å²) < 4.78 is 23.2. The molecule has 0 fully saturated rings. The number of benzene rings is 1. The normalized spacial score (nSPS) is 17.8. The van der Waals surface area contributed by atoms with Crippen LogP contribution in [-0.2, 0) is 4.79 Å². The molecular weight excluding hydrogens is 596 g/mol. The smallest absolute Gasteiger partial charge is 0.340 e. The Morgan fingerprint density at radius 1 is 1.12 bits per heavy atom. The van der Waals surface area contributed by atoms with Gasteiger partial charge < -0.3 is 9.73 Å². The van der Waals surface area contributed by atoms with Crippen LogP contribution in [0.5, 0.6) is 0 Å². The quantitative estimate of drug-likeness (QED) is 0.233. The van der Waals surface area contributed by atoms with Crippen molar-refractivity contribution < 1.29 is 13.6 Å². The van der Waals surface area contributed by atoms with Crippen molar-refractivity contribution in [2.45, 2.75) is 45.3 Å². The standard InChI is InChI=1S/C30H26Cl2FN7O3/c1-16-4-3-5-20(23-12-18(10-11-34-23)28-24(36-29(16)41)14-35-40(28)17(2)33)21-7-9-26(43-30(21)42)22-13-19(31)6-8-25(22)39-15-27(32)37-38-39/h6-17,20H,3-5H2,1-2H3,(H,36,41)/t16-,17?,20-/m0/s1. The van der Waals surface area contributed by atoms with Crippen molar-refractivity contribution in [3.63, 3.8) is 0 Å². The molecule has 13 heteroatoms. The molecule has 1 aliphatic rings. The molecule has 0 saturated heterocycles. The van der Waals surface area contributed by atoms with E-state index in [4.69, 9.17) is 27.6 Å². The average Bonchev–Trinajstić information content (AvgIpc) is 3.61. The van der Waals surface area contributed by atoms with Crippen LogP contribution in [0.15, 0.2) is 70.3 Å². The maximum Gasteiger partial charge on any atom is 0.340 e. The highest BCUT2D eigenvalue weighted by atomic mass is 35.5. The number of nitrogens with zero attached hydrogens (tertiary/aromatic N) is 6. The van der Waals surface area contributed by atoms with Gasteiger partial charge in [-0.05, 0) is 62.2 Å². The number of aromatic nitrogens is 6. The Kier molecular flexibility index (Phi) is 7.85. The first kappa shape index (κ1) is 28.8. The first-order chi connectivity index (χ1) is 20.7. The molecule has 1 amide bonds. The van der Waals surface area contributed by atoms with E-state index < -0.39 is 17.8 Å². The third-order valence-corrected chi connectivity index (χ3v) is 7.95. The van der Waals surface area contributed by atoms with Gasteiger partial charge in [0, 0.05) is 45.4 Å². The van der Waals surface area contributed by atoms with E-state index >= 15 is 0 Å². The Bertz CT molecular complexity index is 1880. The first-order valence-corrected chi connectivity index (χ1v) is 14.5. The highest BCUT2D eigenvalue weighted by molar-refractivity contribution is 6.31. The maximum absolute atomic E-state index is 14.6. The number of anilines is 1. The highest BCUT2D eigenvalue weighted by Crippen LogP contribution is 2.36. The molecule has 43 heavy (non-hydrogen) atoms. The van der Waals surface area contributed by atoms with Gasteiger partial charge in [-0.3, -0.25) is 9.78 Å². The van der Waals surface area contributed by atoms with Crippen LogP contribution in [0.1, 0.15) is 56.6 Å². The molecule has 3 atom stereocenters. The minimum absolute atomic E-state index is 0.187. The SMILES string of the molecule is CC(F)n1ncc2c1-c1ccnc(c1)[C@H](c1ccc(-c3cc(Cl)ccc3-n3cc(Cl)nn3)oc1=O)CCC[C@H](C)C(=O)N2. The molecule has 5 heterocycles. The van der Waals surface area contributed by atoms with Crippen LogP contribution in [0.4, 0.5) is 10.1 Å². The number of pyridine rings is 1. The summed E-state index contributed by atoms with van der Waals surface area (Å²) in [7, 11) is 0. The van der Waals surface area contributed by atoms with Crippen molar-refractivity contribution in [3.8, 4) is 28.3 Å². The van der Waals surface area contributed by atoms with Gasteiger partial charge in [-0.15, -0.1) is 5.10 Å². The Hall–Kier alpha value is -4.35. The molecule has 220 valence electrons. The summed E-state index contributed by atoms with van der Waals surface area (Å²) in [5.41, 5.74) is 3.01. The second kappa shape index (κ2) is 11.7. The minimum Gasteiger partial charge on any atom is -0.422 e.